The maximum absolute atomic E-state index is 12.1. The number of aryl methyl sites for hydroxylation is 1. The van der Waals surface area contributed by atoms with Gasteiger partial charge in [0.25, 0.3) is 5.91 Å². The molecule has 1 aromatic carbocycles. The maximum atomic E-state index is 12.1. The lowest BCUT2D eigenvalue weighted by Gasteiger charge is -2.18. The molecule has 2 N–H and O–H groups in total. The molecule has 2 unspecified atom stereocenters. The van der Waals surface area contributed by atoms with E-state index in [2.05, 4.69) is 5.32 Å². The molecule has 4 nitrogen and oxygen atoms in total. The van der Waals surface area contributed by atoms with Crippen LogP contribution in [0.2, 0.25) is 5.02 Å². The molecule has 0 saturated heterocycles. The van der Waals surface area contributed by atoms with Gasteiger partial charge in [-0.1, -0.05) is 24.1 Å². The number of amides is 1. The van der Waals surface area contributed by atoms with Crippen LogP contribution in [0.3, 0.4) is 0 Å². The summed E-state index contributed by atoms with van der Waals surface area (Å²) >= 11 is 6.03. The Morgan fingerprint density at radius 3 is 2.74 bits per heavy atom. The second-order valence-corrected chi connectivity index (χ2v) is 5.35. The summed E-state index contributed by atoms with van der Waals surface area (Å²) < 4.78 is 0. The van der Waals surface area contributed by atoms with E-state index in [0.717, 1.165) is 12.0 Å². The number of carboxylic acids is 1. The van der Waals surface area contributed by atoms with Crippen LogP contribution in [-0.4, -0.2) is 23.0 Å². The molecule has 1 aliphatic carbocycles. The van der Waals surface area contributed by atoms with Crippen LogP contribution < -0.4 is 5.32 Å². The molecule has 1 aromatic rings. The molecule has 102 valence electrons. The van der Waals surface area contributed by atoms with E-state index < -0.39 is 11.9 Å². The Kier molecular flexibility index (Phi) is 4.10. The van der Waals surface area contributed by atoms with Crippen LogP contribution in [0, 0.1) is 12.8 Å². The Morgan fingerprint density at radius 2 is 2.11 bits per heavy atom. The number of carboxylic acid groups (broad SMARTS) is 1. The third-order valence-corrected chi connectivity index (χ3v) is 3.83. The highest BCUT2D eigenvalue weighted by Gasteiger charge is 2.34. The van der Waals surface area contributed by atoms with Gasteiger partial charge in [0.1, 0.15) is 0 Å². The van der Waals surface area contributed by atoms with Gasteiger partial charge in [0.15, 0.2) is 0 Å². The van der Waals surface area contributed by atoms with E-state index in [1.807, 2.05) is 13.0 Å². The molecule has 0 bridgehead atoms. The minimum absolute atomic E-state index is 0.303. The first-order chi connectivity index (χ1) is 8.99. The molecule has 19 heavy (non-hydrogen) atoms. The average Bonchev–Trinajstić information content (AvgIpc) is 2.76. The summed E-state index contributed by atoms with van der Waals surface area (Å²) in [6.45, 7) is 1.89. The molecule has 1 fully saturated rings. The number of carbonyl (C=O) groups excluding carboxylic acids is 1. The molecule has 0 spiro atoms. The molecule has 2 atom stereocenters. The number of hydrogen-bond acceptors (Lipinski definition) is 2. The number of hydrogen-bond donors (Lipinski definition) is 2. The van der Waals surface area contributed by atoms with Gasteiger partial charge in [-0.2, -0.15) is 0 Å². The Balaban J connectivity index is 2.10. The standard InChI is InChI=1S/C14H16ClNO3/c1-8-5-6-9(11(15)7-8)13(17)16-12-4-2-3-10(12)14(18)19/h5-7,10,12H,2-4H2,1H3,(H,16,17)(H,18,19). The summed E-state index contributed by atoms with van der Waals surface area (Å²) in [5.41, 5.74) is 1.37. The fourth-order valence-electron chi connectivity index (χ4n) is 2.48. The maximum Gasteiger partial charge on any atom is 0.308 e. The van der Waals surface area contributed by atoms with E-state index in [0.29, 0.717) is 23.4 Å². The Bertz CT molecular complexity index is 515. The van der Waals surface area contributed by atoms with Crippen LogP contribution in [0.15, 0.2) is 18.2 Å². The van der Waals surface area contributed by atoms with Gasteiger partial charge < -0.3 is 10.4 Å². The molecule has 0 heterocycles. The lowest BCUT2D eigenvalue weighted by atomic mass is 10.0. The highest BCUT2D eigenvalue weighted by Crippen LogP contribution is 2.26. The van der Waals surface area contributed by atoms with Crippen molar-refractivity contribution in [2.75, 3.05) is 0 Å². The summed E-state index contributed by atoms with van der Waals surface area (Å²) in [5.74, 6) is -1.64. The molecule has 0 aromatic heterocycles. The summed E-state index contributed by atoms with van der Waals surface area (Å²) in [6.07, 6.45) is 2.14. The second kappa shape index (κ2) is 5.61. The lowest BCUT2D eigenvalue weighted by Crippen LogP contribution is -2.40. The molecule has 5 heteroatoms. The van der Waals surface area contributed by atoms with Crippen LogP contribution in [0.25, 0.3) is 0 Å². The van der Waals surface area contributed by atoms with Crippen LogP contribution in [0.1, 0.15) is 35.2 Å². The van der Waals surface area contributed by atoms with Gasteiger partial charge >= 0.3 is 5.97 Å². The number of benzene rings is 1. The van der Waals surface area contributed by atoms with Gasteiger partial charge in [-0.25, -0.2) is 0 Å². The lowest BCUT2D eigenvalue weighted by molar-refractivity contribution is -0.142. The van der Waals surface area contributed by atoms with Crippen molar-refractivity contribution >= 4 is 23.5 Å². The smallest absolute Gasteiger partial charge is 0.308 e. The van der Waals surface area contributed by atoms with Gasteiger partial charge in [-0.05, 0) is 37.5 Å². The SMILES string of the molecule is Cc1ccc(C(=O)NC2CCCC2C(=O)O)c(Cl)c1. The van der Waals surface area contributed by atoms with E-state index in [9.17, 15) is 9.59 Å². The first-order valence-electron chi connectivity index (χ1n) is 6.29. The van der Waals surface area contributed by atoms with E-state index in [1.54, 1.807) is 12.1 Å². The van der Waals surface area contributed by atoms with Crippen LogP contribution in [-0.2, 0) is 4.79 Å². The van der Waals surface area contributed by atoms with Gasteiger partial charge in [0.2, 0.25) is 0 Å². The van der Waals surface area contributed by atoms with Gasteiger partial charge in [0, 0.05) is 6.04 Å². The van der Waals surface area contributed by atoms with E-state index in [-0.39, 0.29) is 11.9 Å². The molecule has 1 aliphatic rings. The molecule has 2 rings (SSSR count). The molecule has 1 saturated carbocycles. The minimum atomic E-state index is -0.849. The summed E-state index contributed by atoms with van der Waals surface area (Å²) in [7, 11) is 0. The third-order valence-electron chi connectivity index (χ3n) is 3.52. The van der Waals surface area contributed by atoms with Crippen molar-refractivity contribution in [3.8, 4) is 0 Å². The normalized spacial score (nSPS) is 22.2. The molecule has 1 amide bonds. The number of carbonyl (C=O) groups is 2. The first kappa shape index (κ1) is 13.9. The van der Waals surface area contributed by atoms with Gasteiger partial charge in [-0.3, -0.25) is 9.59 Å². The quantitative estimate of drug-likeness (QED) is 0.895. The molecule has 0 aliphatic heterocycles. The summed E-state index contributed by atoms with van der Waals surface area (Å²) in [4.78, 5) is 23.2. The molecular weight excluding hydrogens is 266 g/mol. The van der Waals surface area contributed by atoms with Crippen molar-refractivity contribution in [1.82, 2.24) is 5.32 Å². The number of rotatable bonds is 3. The Labute approximate surface area is 116 Å². The highest BCUT2D eigenvalue weighted by molar-refractivity contribution is 6.33. The topological polar surface area (TPSA) is 66.4 Å². The van der Waals surface area contributed by atoms with Crippen molar-refractivity contribution in [3.63, 3.8) is 0 Å². The van der Waals surface area contributed by atoms with Crippen molar-refractivity contribution in [2.24, 2.45) is 5.92 Å². The predicted octanol–water partition coefficient (Wildman–Crippen LogP) is 2.63. The second-order valence-electron chi connectivity index (χ2n) is 4.94. The fourth-order valence-corrected chi connectivity index (χ4v) is 2.80. The van der Waals surface area contributed by atoms with E-state index in [1.165, 1.54) is 0 Å². The van der Waals surface area contributed by atoms with Gasteiger partial charge in [0.05, 0.1) is 16.5 Å². The van der Waals surface area contributed by atoms with E-state index >= 15 is 0 Å². The molecular formula is C14H16ClNO3. The van der Waals surface area contributed by atoms with Crippen molar-refractivity contribution in [2.45, 2.75) is 32.2 Å². The van der Waals surface area contributed by atoms with Crippen LogP contribution in [0.5, 0.6) is 0 Å². The molecule has 0 radical (unpaired) electrons. The Hall–Kier alpha value is -1.55. The summed E-state index contributed by atoms with van der Waals surface area (Å²) in [5, 5.41) is 12.3. The zero-order chi connectivity index (χ0) is 14.0. The average molecular weight is 282 g/mol. The van der Waals surface area contributed by atoms with Crippen LogP contribution >= 0.6 is 11.6 Å². The number of aliphatic carboxylic acids is 1. The largest absolute Gasteiger partial charge is 0.481 e. The van der Waals surface area contributed by atoms with Crippen molar-refractivity contribution < 1.29 is 14.7 Å². The number of nitrogens with one attached hydrogen (secondary N) is 1. The zero-order valence-electron chi connectivity index (χ0n) is 10.6. The Morgan fingerprint density at radius 1 is 1.37 bits per heavy atom. The van der Waals surface area contributed by atoms with Crippen molar-refractivity contribution in [3.05, 3.63) is 34.3 Å². The highest BCUT2D eigenvalue weighted by atomic mass is 35.5. The minimum Gasteiger partial charge on any atom is -0.481 e. The monoisotopic (exact) mass is 281 g/mol. The fraction of sp³-hybridized carbons (Fsp3) is 0.429. The van der Waals surface area contributed by atoms with E-state index in [4.69, 9.17) is 16.7 Å². The first-order valence-corrected chi connectivity index (χ1v) is 6.66. The zero-order valence-corrected chi connectivity index (χ0v) is 11.4. The third kappa shape index (κ3) is 3.07. The number of halogens is 1. The predicted molar refractivity (Wildman–Crippen MR) is 72.4 cm³/mol. The van der Waals surface area contributed by atoms with Crippen LogP contribution in [0.4, 0.5) is 0 Å². The van der Waals surface area contributed by atoms with Gasteiger partial charge in [-0.15, -0.1) is 0 Å². The summed E-state index contributed by atoms with van der Waals surface area (Å²) in [6, 6.07) is 4.89. The van der Waals surface area contributed by atoms with Crippen molar-refractivity contribution in [1.29, 1.82) is 0 Å².